The predicted octanol–water partition coefficient (Wildman–Crippen LogP) is 4.04. The van der Waals surface area contributed by atoms with Crippen molar-refractivity contribution in [3.8, 4) is 11.1 Å². The summed E-state index contributed by atoms with van der Waals surface area (Å²) in [6.07, 6.45) is 3.87. The number of carbonyl (C=O) groups is 1. The lowest BCUT2D eigenvalue weighted by molar-refractivity contribution is -0.114. The van der Waals surface area contributed by atoms with Gasteiger partial charge in [0, 0.05) is 6.42 Å². The van der Waals surface area contributed by atoms with E-state index in [1.54, 1.807) is 12.2 Å². The first kappa shape index (κ1) is 12.3. The van der Waals surface area contributed by atoms with Gasteiger partial charge in [-0.1, -0.05) is 60.7 Å². The molecule has 1 heteroatoms. The first-order valence-corrected chi connectivity index (χ1v) is 6.10. The minimum Gasteiger partial charge on any atom is -0.294 e. The Bertz CT molecular complexity index is 553. The van der Waals surface area contributed by atoms with Crippen molar-refractivity contribution in [1.29, 1.82) is 0 Å². The quantitative estimate of drug-likeness (QED) is 0.732. The Kier molecular flexibility index (Phi) is 4.08. The highest BCUT2D eigenvalue weighted by Crippen LogP contribution is 2.23. The second kappa shape index (κ2) is 5.97. The molecule has 0 aliphatic carbocycles. The molecule has 0 unspecified atom stereocenters. The molecule has 0 saturated heterocycles. The van der Waals surface area contributed by atoms with Crippen molar-refractivity contribution in [3.05, 3.63) is 72.3 Å². The molecule has 0 atom stereocenters. The first-order chi connectivity index (χ1) is 8.81. The Morgan fingerprint density at radius 2 is 1.67 bits per heavy atom. The Hall–Kier alpha value is -2.15. The average Bonchev–Trinajstić information content (AvgIpc) is 2.40. The summed E-state index contributed by atoms with van der Waals surface area (Å²) in [5.41, 5.74) is 3.36. The molecule has 2 rings (SSSR count). The highest BCUT2D eigenvalue weighted by molar-refractivity contribution is 5.92. The minimum atomic E-state index is 0.140. The van der Waals surface area contributed by atoms with Crippen LogP contribution in [0.15, 0.2) is 66.7 Å². The molecule has 1 nitrogen and oxygen atoms in total. The monoisotopic (exact) mass is 236 g/mol. The molecular formula is C17H16O. The molecule has 18 heavy (non-hydrogen) atoms. The average molecular weight is 236 g/mol. The Morgan fingerprint density at radius 3 is 2.39 bits per heavy atom. The van der Waals surface area contributed by atoms with Gasteiger partial charge in [0.1, 0.15) is 0 Å². The largest absolute Gasteiger partial charge is 0.294 e. The molecule has 0 fully saturated rings. The Balaban J connectivity index is 2.35. The van der Waals surface area contributed by atoms with Crippen LogP contribution >= 0.6 is 0 Å². The lowest BCUT2D eigenvalue weighted by atomic mass is 9.96. The summed E-state index contributed by atoms with van der Waals surface area (Å²) in [4.78, 5) is 11.7. The molecule has 0 aromatic heterocycles. The highest BCUT2D eigenvalue weighted by atomic mass is 16.1. The van der Waals surface area contributed by atoms with Gasteiger partial charge in [-0.15, -0.1) is 0 Å². The third-order valence-corrected chi connectivity index (χ3v) is 2.82. The van der Waals surface area contributed by atoms with Gasteiger partial charge in [-0.05, 0) is 29.7 Å². The van der Waals surface area contributed by atoms with Gasteiger partial charge >= 0.3 is 0 Å². The van der Waals surface area contributed by atoms with Crippen molar-refractivity contribution >= 4 is 5.78 Å². The topological polar surface area (TPSA) is 17.1 Å². The number of hydrogen-bond acceptors (Lipinski definition) is 1. The number of ketones is 1. The van der Waals surface area contributed by atoms with Crippen LogP contribution in [0, 0.1) is 0 Å². The molecule has 2 aromatic rings. The maximum atomic E-state index is 11.7. The predicted molar refractivity (Wildman–Crippen MR) is 75.4 cm³/mol. The summed E-state index contributed by atoms with van der Waals surface area (Å²) in [7, 11) is 0. The molecule has 0 spiro atoms. The fraction of sp³-hybridized carbons (Fsp3) is 0.118. The molecule has 2 aromatic carbocycles. The normalized spacial score (nSPS) is 10.7. The van der Waals surface area contributed by atoms with Gasteiger partial charge in [-0.25, -0.2) is 0 Å². The van der Waals surface area contributed by atoms with E-state index in [1.807, 2.05) is 43.3 Å². The van der Waals surface area contributed by atoms with E-state index in [4.69, 9.17) is 0 Å². The van der Waals surface area contributed by atoms with E-state index in [-0.39, 0.29) is 5.78 Å². The summed E-state index contributed by atoms with van der Waals surface area (Å²) in [5.74, 6) is 0.140. The molecule has 0 radical (unpaired) electrons. The number of benzene rings is 2. The number of hydrogen-bond donors (Lipinski definition) is 0. The van der Waals surface area contributed by atoms with Gasteiger partial charge in [-0.3, -0.25) is 4.79 Å². The van der Waals surface area contributed by atoms with E-state index in [9.17, 15) is 4.79 Å². The minimum absolute atomic E-state index is 0.140. The van der Waals surface area contributed by atoms with Crippen LogP contribution in [0.3, 0.4) is 0 Å². The molecule has 90 valence electrons. The maximum Gasteiger partial charge on any atom is 0.159 e. The van der Waals surface area contributed by atoms with Crippen LogP contribution in [0.5, 0.6) is 0 Å². The zero-order valence-corrected chi connectivity index (χ0v) is 10.5. The summed E-state index contributed by atoms with van der Waals surface area (Å²) < 4.78 is 0. The third-order valence-electron chi connectivity index (χ3n) is 2.82. The molecule has 0 aliphatic rings. The van der Waals surface area contributed by atoms with Crippen molar-refractivity contribution in [2.75, 3.05) is 0 Å². The zero-order chi connectivity index (χ0) is 12.8. The van der Waals surface area contributed by atoms with Gasteiger partial charge in [0.05, 0.1) is 0 Å². The molecule has 0 heterocycles. The van der Waals surface area contributed by atoms with Gasteiger partial charge in [-0.2, -0.15) is 0 Å². The van der Waals surface area contributed by atoms with E-state index in [0.717, 1.165) is 16.7 Å². The number of carbonyl (C=O) groups excluding carboxylic acids is 1. The third kappa shape index (κ3) is 2.95. The van der Waals surface area contributed by atoms with Gasteiger partial charge < -0.3 is 0 Å². The van der Waals surface area contributed by atoms with Crippen molar-refractivity contribution in [3.63, 3.8) is 0 Å². The number of allylic oxidation sites excluding steroid dienone is 2. The molecule has 0 N–H and O–H groups in total. The van der Waals surface area contributed by atoms with Crippen molar-refractivity contribution in [2.45, 2.75) is 13.3 Å². The highest BCUT2D eigenvalue weighted by Gasteiger charge is 2.06. The van der Waals surface area contributed by atoms with E-state index < -0.39 is 0 Å². The van der Waals surface area contributed by atoms with E-state index in [0.29, 0.717) is 6.42 Å². The van der Waals surface area contributed by atoms with Crippen molar-refractivity contribution < 1.29 is 4.79 Å². The van der Waals surface area contributed by atoms with Crippen molar-refractivity contribution in [1.82, 2.24) is 0 Å². The molecular weight excluding hydrogens is 220 g/mol. The molecule has 0 bridgehead atoms. The molecule has 0 amide bonds. The SMILES string of the molecule is CC=CC(=O)Cc1ccccc1-c1ccccc1. The zero-order valence-electron chi connectivity index (χ0n) is 10.5. The Labute approximate surface area is 108 Å². The standard InChI is InChI=1S/C17H16O/c1-2-8-16(18)13-15-11-6-7-12-17(15)14-9-4-3-5-10-14/h2-12H,13H2,1H3. The van der Waals surface area contributed by atoms with Crippen LogP contribution in [0.4, 0.5) is 0 Å². The van der Waals surface area contributed by atoms with Gasteiger partial charge in [0.25, 0.3) is 0 Å². The fourth-order valence-electron chi connectivity index (χ4n) is 2.01. The molecule has 0 aliphatic heterocycles. The van der Waals surface area contributed by atoms with Crippen molar-refractivity contribution in [2.24, 2.45) is 0 Å². The molecule has 0 saturated carbocycles. The van der Waals surface area contributed by atoms with Crippen LogP contribution in [-0.4, -0.2) is 5.78 Å². The lowest BCUT2D eigenvalue weighted by Gasteiger charge is -2.08. The fourth-order valence-corrected chi connectivity index (χ4v) is 2.01. The van der Waals surface area contributed by atoms with Crippen LogP contribution < -0.4 is 0 Å². The van der Waals surface area contributed by atoms with Crippen LogP contribution in [0.2, 0.25) is 0 Å². The van der Waals surface area contributed by atoms with Gasteiger partial charge in [0.15, 0.2) is 5.78 Å². The van der Waals surface area contributed by atoms with E-state index in [1.165, 1.54) is 0 Å². The van der Waals surface area contributed by atoms with E-state index >= 15 is 0 Å². The second-order valence-electron chi connectivity index (χ2n) is 4.17. The summed E-state index contributed by atoms with van der Waals surface area (Å²) >= 11 is 0. The van der Waals surface area contributed by atoms with Crippen LogP contribution in [-0.2, 0) is 11.2 Å². The number of rotatable bonds is 4. The summed E-state index contributed by atoms with van der Waals surface area (Å²) in [6.45, 7) is 1.86. The summed E-state index contributed by atoms with van der Waals surface area (Å²) in [5, 5.41) is 0. The Morgan fingerprint density at radius 1 is 1.00 bits per heavy atom. The maximum absolute atomic E-state index is 11.7. The lowest BCUT2D eigenvalue weighted by Crippen LogP contribution is -2.00. The van der Waals surface area contributed by atoms with E-state index in [2.05, 4.69) is 18.2 Å². The first-order valence-electron chi connectivity index (χ1n) is 6.10. The summed E-state index contributed by atoms with van der Waals surface area (Å²) in [6, 6.07) is 18.2. The van der Waals surface area contributed by atoms with Gasteiger partial charge in [0.2, 0.25) is 0 Å². The second-order valence-corrected chi connectivity index (χ2v) is 4.17. The van der Waals surface area contributed by atoms with Crippen LogP contribution in [0.25, 0.3) is 11.1 Å². The van der Waals surface area contributed by atoms with Crippen LogP contribution in [0.1, 0.15) is 12.5 Å². The smallest absolute Gasteiger partial charge is 0.159 e.